The van der Waals surface area contributed by atoms with Gasteiger partial charge in [-0.05, 0) is 30.4 Å². The van der Waals surface area contributed by atoms with E-state index in [4.69, 9.17) is 11.6 Å². The van der Waals surface area contributed by atoms with Crippen molar-refractivity contribution in [2.24, 2.45) is 0 Å². The van der Waals surface area contributed by atoms with E-state index in [0.717, 1.165) is 23.4 Å². The topological polar surface area (TPSA) is 22.0 Å². The molecule has 1 saturated carbocycles. The van der Waals surface area contributed by atoms with Crippen LogP contribution < -0.4 is 5.56 Å². The van der Waals surface area contributed by atoms with Crippen molar-refractivity contribution >= 4 is 22.9 Å². The van der Waals surface area contributed by atoms with Gasteiger partial charge in [-0.2, -0.15) is 0 Å². The number of pyridine rings is 1. The Morgan fingerprint density at radius 2 is 2.05 bits per heavy atom. The van der Waals surface area contributed by atoms with Crippen LogP contribution in [0.15, 0.2) is 34.4 Å². The second kappa shape index (κ2) is 5.51. The molecule has 1 fully saturated rings. The van der Waals surface area contributed by atoms with Crippen molar-refractivity contribution in [2.45, 2.75) is 37.6 Å². The van der Waals surface area contributed by atoms with Gasteiger partial charge >= 0.3 is 0 Å². The van der Waals surface area contributed by atoms with Crippen LogP contribution in [-0.4, -0.2) is 4.57 Å². The van der Waals surface area contributed by atoms with Gasteiger partial charge in [0.25, 0.3) is 5.56 Å². The Bertz CT molecular complexity index is 612. The Morgan fingerprint density at radius 3 is 2.68 bits per heavy atom. The van der Waals surface area contributed by atoms with E-state index >= 15 is 0 Å². The first-order chi connectivity index (χ1) is 9.31. The summed E-state index contributed by atoms with van der Waals surface area (Å²) in [7, 11) is 0. The highest BCUT2D eigenvalue weighted by Crippen LogP contribution is 2.33. The lowest BCUT2D eigenvalue weighted by Gasteiger charge is -2.19. The van der Waals surface area contributed by atoms with Crippen molar-refractivity contribution in [1.29, 1.82) is 0 Å². The summed E-state index contributed by atoms with van der Waals surface area (Å²) in [5.74, 6) is 0.288. The van der Waals surface area contributed by atoms with Gasteiger partial charge in [-0.1, -0.05) is 25.0 Å². The predicted octanol–water partition coefficient (Wildman–Crippen LogP) is 4.43. The normalized spacial score (nSPS) is 16.1. The van der Waals surface area contributed by atoms with Crippen LogP contribution in [0.25, 0.3) is 10.6 Å². The summed E-state index contributed by atoms with van der Waals surface area (Å²) >= 11 is 7.56. The number of hydrogen-bond acceptors (Lipinski definition) is 2. The summed E-state index contributed by atoms with van der Waals surface area (Å²) < 4.78 is 1.98. The Labute approximate surface area is 121 Å². The van der Waals surface area contributed by atoms with Gasteiger partial charge < -0.3 is 4.57 Å². The van der Waals surface area contributed by atoms with Crippen LogP contribution in [0.2, 0.25) is 0 Å². The van der Waals surface area contributed by atoms with Gasteiger partial charge in [-0.3, -0.25) is 4.79 Å². The molecule has 4 heteroatoms. The van der Waals surface area contributed by atoms with Crippen LogP contribution in [0, 0.1) is 0 Å². The van der Waals surface area contributed by atoms with Gasteiger partial charge in [0, 0.05) is 11.6 Å². The fourth-order valence-electron chi connectivity index (χ4n) is 2.85. The molecular formula is C15H16ClNOS. The van der Waals surface area contributed by atoms with Crippen LogP contribution in [0.5, 0.6) is 0 Å². The second-order valence-corrected chi connectivity index (χ2v) is 6.18. The van der Waals surface area contributed by atoms with Gasteiger partial charge in [0.15, 0.2) is 0 Å². The van der Waals surface area contributed by atoms with Gasteiger partial charge in [-0.25, -0.2) is 0 Å². The standard InChI is InChI=1S/C15H16ClNOS/c16-10-11-7-8-13(14-6-3-9-19-14)17(15(11)18)12-4-1-2-5-12/h3,6-9,12H,1-2,4-5,10H2. The Balaban J connectivity index is 2.18. The molecule has 1 aliphatic rings. The van der Waals surface area contributed by atoms with Gasteiger partial charge in [-0.15, -0.1) is 22.9 Å². The molecule has 0 aromatic carbocycles. The molecule has 100 valence electrons. The zero-order valence-electron chi connectivity index (χ0n) is 10.6. The third kappa shape index (κ3) is 2.37. The Hall–Kier alpha value is -1.06. The molecule has 0 unspecified atom stereocenters. The van der Waals surface area contributed by atoms with E-state index in [1.807, 2.05) is 28.1 Å². The molecule has 0 spiro atoms. The molecule has 0 amide bonds. The van der Waals surface area contributed by atoms with Crippen molar-refractivity contribution < 1.29 is 0 Å². The van der Waals surface area contributed by atoms with E-state index in [0.29, 0.717) is 11.6 Å². The molecule has 1 aliphatic carbocycles. The second-order valence-electron chi connectivity index (χ2n) is 4.97. The first-order valence-electron chi connectivity index (χ1n) is 6.65. The molecule has 2 nitrogen and oxygen atoms in total. The Morgan fingerprint density at radius 1 is 1.26 bits per heavy atom. The molecule has 2 aromatic heterocycles. The highest BCUT2D eigenvalue weighted by Gasteiger charge is 2.22. The SMILES string of the molecule is O=c1c(CCl)ccc(-c2cccs2)n1C1CCCC1. The maximum absolute atomic E-state index is 12.6. The molecular weight excluding hydrogens is 278 g/mol. The minimum absolute atomic E-state index is 0.0906. The largest absolute Gasteiger partial charge is 0.304 e. The number of alkyl halides is 1. The van der Waals surface area contributed by atoms with Crippen LogP contribution in [0.1, 0.15) is 37.3 Å². The zero-order valence-corrected chi connectivity index (χ0v) is 12.2. The van der Waals surface area contributed by atoms with Gasteiger partial charge in [0.2, 0.25) is 0 Å². The average Bonchev–Trinajstić information content (AvgIpc) is 3.11. The number of hydrogen-bond donors (Lipinski definition) is 0. The van der Waals surface area contributed by atoms with Crippen LogP contribution >= 0.6 is 22.9 Å². The minimum Gasteiger partial charge on any atom is -0.304 e. The van der Waals surface area contributed by atoms with Crippen molar-refractivity contribution in [1.82, 2.24) is 4.57 Å². The lowest BCUT2D eigenvalue weighted by Crippen LogP contribution is -2.27. The summed E-state index contributed by atoms with van der Waals surface area (Å²) in [6.07, 6.45) is 4.63. The molecule has 19 heavy (non-hydrogen) atoms. The molecule has 0 bridgehead atoms. The number of thiophene rings is 1. The summed E-state index contributed by atoms with van der Waals surface area (Å²) in [4.78, 5) is 13.7. The lowest BCUT2D eigenvalue weighted by molar-refractivity contribution is 0.506. The maximum Gasteiger partial charge on any atom is 0.255 e. The first kappa shape index (κ1) is 12.9. The number of halogens is 1. The van der Waals surface area contributed by atoms with Crippen LogP contribution in [0.4, 0.5) is 0 Å². The predicted molar refractivity (Wildman–Crippen MR) is 81.1 cm³/mol. The molecule has 0 N–H and O–H groups in total. The van der Waals surface area contributed by atoms with Crippen molar-refractivity contribution in [2.75, 3.05) is 0 Å². The average molecular weight is 294 g/mol. The lowest BCUT2D eigenvalue weighted by atomic mass is 10.1. The maximum atomic E-state index is 12.6. The number of aromatic nitrogens is 1. The molecule has 0 atom stereocenters. The number of rotatable bonds is 3. The smallest absolute Gasteiger partial charge is 0.255 e. The van der Waals surface area contributed by atoms with E-state index in [2.05, 4.69) is 6.07 Å². The van der Waals surface area contributed by atoms with E-state index in [-0.39, 0.29) is 11.4 Å². The molecule has 0 radical (unpaired) electrons. The first-order valence-corrected chi connectivity index (χ1v) is 8.07. The molecule has 3 rings (SSSR count). The number of nitrogens with zero attached hydrogens (tertiary/aromatic N) is 1. The molecule has 2 aromatic rings. The van der Waals surface area contributed by atoms with Crippen molar-refractivity contribution in [3.05, 3.63) is 45.6 Å². The highest BCUT2D eigenvalue weighted by molar-refractivity contribution is 7.13. The van der Waals surface area contributed by atoms with Crippen LogP contribution in [-0.2, 0) is 5.88 Å². The third-order valence-corrected chi connectivity index (χ3v) is 4.98. The van der Waals surface area contributed by atoms with E-state index in [1.54, 1.807) is 11.3 Å². The summed E-state index contributed by atoms with van der Waals surface area (Å²) in [5, 5.41) is 2.05. The molecule has 2 heterocycles. The van der Waals surface area contributed by atoms with Crippen molar-refractivity contribution in [3.8, 4) is 10.6 Å². The summed E-state index contributed by atoms with van der Waals surface area (Å²) in [6.45, 7) is 0. The zero-order chi connectivity index (χ0) is 13.2. The molecule has 0 saturated heterocycles. The van der Waals surface area contributed by atoms with Crippen LogP contribution in [0.3, 0.4) is 0 Å². The fourth-order valence-corrected chi connectivity index (χ4v) is 3.80. The summed E-state index contributed by atoms with van der Waals surface area (Å²) in [5.41, 5.74) is 1.84. The van der Waals surface area contributed by atoms with Gasteiger partial charge in [0.1, 0.15) is 0 Å². The van der Waals surface area contributed by atoms with E-state index in [1.165, 1.54) is 12.8 Å². The Kier molecular flexibility index (Phi) is 3.76. The van der Waals surface area contributed by atoms with Crippen molar-refractivity contribution in [3.63, 3.8) is 0 Å². The monoisotopic (exact) mass is 293 g/mol. The van der Waals surface area contributed by atoms with E-state index in [9.17, 15) is 4.79 Å². The third-order valence-electron chi connectivity index (χ3n) is 3.80. The van der Waals surface area contributed by atoms with E-state index < -0.39 is 0 Å². The molecule has 0 aliphatic heterocycles. The fraction of sp³-hybridized carbons (Fsp3) is 0.400. The van der Waals surface area contributed by atoms with Gasteiger partial charge in [0.05, 0.1) is 16.5 Å². The quantitative estimate of drug-likeness (QED) is 0.767. The summed E-state index contributed by atoms with van der Waals surface area (Å²) in [6, 6.07) is 8.36. The minimum atomic E-state index is 0.0906. The highest BCUT2D eigenvalue weighted by atomic mass is 35.5.